The minimum Gasteiger partial charge on any atom is -0.316 e. The van der Waals surface area contributed by atoms with Crippen molar-refractivity contribution >= 4 is 0 Å². The molecule has 1 aliphatic heterocycles. The Bertz CT molecular complexity index is 87.6. The fourth-order valence-electron chi connectivity index (χ4n) is 1.50. The Kier molecular flexibility index (Phi) is 4.55. The van der Waals surface area contributed by atoms with Crippen LogP contribution in [0.5, 0.6) is 0 Å². The largest absolute Gasteiger partial charge is 0.316 e. The van der Waals surface area contributed by atoms with Crippen LogP contribution in [0.3, 0.4) is 0 Å². The lowest BCUT2D eigenvalue weighted by molar-refractivity contribution is 0.506. The highest BCUT2D eigenvalue weighted by molar-refractivity contribution is 4.72. The summed E-state index contributed by atoms with van der Waals surface area (Å²) in [5.41, 5.74) is 0. The molecule has 0 radical (unpaired) electrons. The Morgan fingerprint density at radius 3 is 3.09 bits per heavy atom. The summed E-state index contributed by atoms with van der Waals surface area (Å²) in [6, 6.07) is 0. The molecule has 2 nitrogen and oxygen atoms in total. The third-order valence-corrected chi connectivity index (χ3v) is 2.30. The van der Waals surface area contributed by atoms with Crippen LogP contribution in [0.2, 0.25) is 0 Å². The van der Waals surface area contributed by atoms with Crippen LogP contribution in [0.1, 0.15) is 26.2 Å². The first-order valence-corrected chi connectivity index (χ1v) is 4.85. The smallest absolute Gasteiger partial charge is 0.000790 e. The summed E-state index contributed by atoms with van der Waals surface area (Å²) >= 11 is 0. The van der Waals surface area contributed by atoms with Gasteiger partial charge in [-0.15, -0.1) is 0 Å². The fourth-order valence-corrected chi connectivity index (χ4v) is 1.50. The van der Waals surface area contributed by atoms with Crippen LogP contribution in [0.4, 0.5) is 0 Å². The van der Waals surface area contributed by atoms with Crippen molar-refractivity contribution in [2.45, 2.75) is 26.2 Å². The van der Waals surface area contributed by atoms with E-state index in [0.717, 1.165) is 5.92 Å². The van der Waals surface area contributed by atoms with Gasteiger partial charge in [-0.2, -0.15) is 0 Å². The standard InChI is InChI=1S/C9H20N2/c1-2-3-5-10-7-9-4-6-11-8-9/h9-11H,2-8H2,1H3/t9-/m1/s1. The van der Waals surface area contributed by atoms with Gasteiger partial charge in [0.1, 0.15) is 0 Å². The molecule has 1 aliphatic rings. The minimum absolute atomic E-state index is 0.895. The van der Waals surface area contributed by atoms with Gasteiger partial charge < -0.3 is 10.6 Å². The summed E-state index contributed by atoms with van der Waals surface area (Å²) in [4.78, 5) is 0. The third-order valence-electron chi connectivity index (χ3n) is 2.30. The van der Waals surface area contributed by atoms with E-state index in [1.807, 2.05) is 0 Å². The van der Waals surface area contributed by atoms with Crippen molar-refractivity contribution < 1.29 is 0 Å². The topological polar surface area (TPSA) is 24.1 Å². The molecule has 1 saturated heterocycles. The van der Waals surface area contributed by atoms with Crippen molar-refractivity contribution in [3.05, 3.63) is 0 Å². The Morgan fingerprint density at radius 1 is 1.55 bits per heavy atom. The molecule has 11 heavy (non-hydrogen) atoms. The van der Waals surface area contributed by atoms with E-state index >= 15 is 0 Å². The van der Waals surface area contributed by atoms with Crippen LogP contribution in [-0.2, 0) is 0 Å². The van der Waals surface area contributed by atoms with Crippen molar-refractivity contribution in [3.8, 4) is 0 Å². The number of hydrogen-bond donors (Lipinski definition) is 2. The van der Waals surface area contributed by atoms with Crippen molar-refractivity contribution in [2.75, 3.05) is 26.2 Å². The van der Waals surface area contributed by atoms with Gasteiger partial charge in [-0.1, -0.05) is 13.3 Å². The molecule has 0 aromatic carbocycles. The van der Waals surface area contributed by atoms with Crippen LogP contribution in [0.25, 0.3) is 0 Å². The Morgan fingerprint density at radius 2 is 2.45 bits per heavy atom. The Hall–Kier alpha value is -0.0800. The van der Waals surface area contributed by atoms with Gasteiger partial charge in [0.2, 0.25) is 0 Å². The molecule has 0 aromatic rings. The molecule has 0 amide bonds. The van der Waals surface area contributed by atoms with Gasteiger partial charge >= 0.3 is 0 Å². The Balaban J connectivity index is 1.86. The van der Waals surface area contributed by atoms with Gasteiger partial charge in [-0.05, 0) is 44.9 Å². The summed E-state index contributed by atoms with van der Waals surface area (Å²) in [5.74, 6) is 0.895. The van der Waals surface area contributed by atoms with E-state index in [4.69, 9.17) is 0 Å². The first-order valence-electron chi connectivity index (χ1n) is 4.85. The van der Waals surface area contributed by atoms with Gasteiger partial charge in [0.15, 0.2) is 0 Å². The van der Waals surface area contributed by atoms with E-state index in [0.29, 0.717) is 0 Å². The summed E-state index contributed by atoms with van der Waals surface area (Å²) in [5, 5.41) is 6.86. The zero-order valence-corrected chi connectivity index (χ0v) is 7.53. The van der Waals surface area contributed by atoms with Crippen molar-refractivity contribution in [2.24, 2.45) is 5.92 Å². The molecule has 66 valence electrons. The number of nitrogens with one attached hydrogen (secondary N) is 2. The summed E-state index contributed by atoms with van der Waals surface area (Å²) < 4.78 is 0. The lowest BCUT2D eigenvalue weighted by Gasteiger charge is -2.08. The third kappa shape index (κ3) is 3.73. The zero-order chi connectivity index (χ0) is 7.94. The van der Waals surface area contributed by atoms with Crippen LogP contribution >= 0.6 is 0 Å². The average molecular weight is 156 g/mol. The molecule has 0 saturated carbocycles. The van der Waals surface area contributed by atoms with Gasteiger partial charge in [0.05, 0.1) is 0 Å². The minimum atomic E-state index is 0.895. The molecular weight excluding hydrogens is 136 g/mol. The molecule has 2 heteroatoms. The number of rotatable bonds is 5. The highest BCUT2D eigenvalue weighted by atomic mass is 14.9. The molecule has 0 bridgehead atoms. The van der Waals surface area contributed by atoms with Crippen LogP contribution in [0.15, 0.2) is 0 Å². The second-order valence-electron chi connectivity index (χ2n) is 3.42. The number of unbranched alkanes of at least 4 members (excludes halogenated alkanes) is 1. The molecular formula is C9H20N2. The number of hydrogen-bond acceptors (Lipinski definition) is 2. The lowest BCUT2D eigenvalue weighted by Crippen LogP contribution is -2.25. The second-order valence-corrected chi connectivity index (χ2v) is 3.42. The molecule has 1 heterocycles. The zero-order valence-electron chi connectivity index (χ0n) is 7.53. The fraction of sp³-hybridized carbons (Fsp3) is 1.00. The van der Waals surface area contributed by atoms with E-state index in [9.17, 15) is 0 Å². The summed E-state index contributed by atoms with van der Waals surface area (Å²) in [7, 11) is 0. The monoisotopic (exact) mass is 156 g/mol. The molecule has 1 rings (SSSR count). The van der Waals surface area contributed by atoms with Crippen LogP contribution in [0, 0.1) is 5.92 Å². The van der Waals surface area contributed by atoms with Gasteiger partial charge in [0.25, 0.3) is 0 Å². The first kappa shape index (κ1) is 9.01. The van der Waals surface area contributed by atoms with Crippen LogP contribution in [-0.4, -0.2) is 26.2 Å². The maximum atomic E-state index is 3.49. The summed E-state index contributed by atoms with van der Waals surface area (Å²) in [6.07, 6.45) is 3.98. The van der Waals surface area contributed by atoms with E-state index < -0.39 is 0 Å². The second kappa shape index (κ2) is 5.56. The predicted octanol–water partition coefficient (Wildman–Crippen LogP) is 0.986. The molecule has 0 aromatic heterocycles. The molecule has 1 atom stereocenters. The lowest BCUT2D eigenvalue weighted by atomic mass is 10.1. The van der Waals surface area contributed by atoms with Crippen LogP contribution < -0.4 is 10.6 Å². The maximum Gasteiger partial charge on any atom is -0.000790 e. The van der Waals surface area contributed by atoms with Crippen molar-refractivity contribution in [3.63, 3.8) is 0 Å². The molecule has 2 N–H and O–H groups in total. The van der Waals surface area contributed by atoms with Crippen molar-refractivity contribution in [1.29, 1.82) is 0 Å². The van der Waals surface area contributed by atoms with E-state index in [1.165, 1.54) is 45.4 Å². The molecule has 1 fully saturated rings. The normalized spacial score (nSPS) is 24.3. The van der Waals surface area contributed by atoms with E-state index in [-0.39, 0.29) is 0 Å². The average Bonchev–Trinajstić information content (AvgIpc) is 2.50. The van der Waals surface area contributed by atoms with E-state index in [2.05, 4.69) is 17.6 Å². The highest BCUT2D eigenvalue weighted by Crippen LogP contribution is 2.04. The highest BCUT2D eigenvalue weighted by Gasteiger charge is 2.12. The summed E-state index contributed by atoms with van der Waals surface area (Å²) in [6.45, 7) is 7.10. The molecule has 0 aliphatic carbocycles. The molecule has 0 spiro atoms. The van der Waals surface area contributed by atoms with Gasteiger partial charge in [-0.25, -0.2) is 0 Å². The van der Waals surface area contributed by atoms with E-state index in [1.54, 1.807) is 0 Å². The first-order chi connectivity index (χ1) is 5.43. The SMILES string of the molecule is CCCCNC[C@H]1CCNC1. The quantitative estimate of drug-likeness (QED) is 0.580. The molecule has 0 unspecified atom stereocenters. The predicted molar refractivity (Wildman–Crippen MR) is 48.8 cm³/mol. The van der Waals surface area contributed by atoms with Gasteiger partial charge in [0, 0.05) is 0 Å². The van der Waals surface area contributed by atoms with Crippen molar-refractivity contribution in [1.82, 2.24) is 10.6 Å². The maximum absolute atomic E-state index is 3.49. The Labute approximate surface area is 69.8 Å². The van der Waals surface area contributed by atoms with Gasteiger partial charge in [-0.3, -0.25) is 0 Å².